The quantitative estimate of drug-likeness (QED) is 0.674. The summed E-state index contributed by atoms with van der Waals surface area (Å²) in [6, 6.07) is 13.3. The molecule has 1 atom stereocenters. The molecule has 0 spiro atoms. The normalized spacial score (nSPS) is 11.5. The minimum Gasteiger partial charge on any atom is -0.486 e. The zero-order valence-corrected chi connectivity index (χ0v) is 12.3. The van der Waals surface area contributed by atoms with Crippen LogP contribution in [-0.4, -0.2) is 10.8 Å². The average Bonchev–Trinajstić information content (AvgIpc) is 2.47. The lowest BCUT2D eigenvalue weighted by atomic mass is 10.1. The maximum atomic E-state index is 11.1. The molecule has 0 bridgehead atoms. The molecular weight excluding hydrogens is 284 g/mol. The van der Waals surface area contributed by atoms with Crippen LogP contribution in [0.5, 0.6) is 5.75 Å². The van der Waals surface area contributed by atoms with Crippen LogP contribution >= 0.6 is 0 Å². The minimum absolute atomic E-state index is 0.0277. The summed E-state index contributed by atoms with van der Waals surface area (Å²) in [5, 5.41) is 13.5. The van der Waals surface area contributed by atoms with Crippen LogP contribution in [0, 0.1) is 10.1 Å². The number of hydrogen-bond donors (Lipinski definition) is 1. The Morgan fingerprint density at radius 2 is 1.95 bits per heavy atom. The number of rotatable bonds is 5. The van der Waals surface area contributed by atoms with Crippen molar-refractivity contribution >= 4 is 17.3 Å². The van der Waals surface area contributed by atoms with E-state index < -0.39 is 4.92 Å². The number of nitrogens with zero attached hydrogens (tertiary/aromatic N) is 1. The monoisotopic (exact) mass is 300 g/mol. The Balaban J connectivity index is 2.14. The number of carbonyl (C=O) groups excluding carboxylic acids is 1. The van der Waals surface area contributed by atoms with E-state index in [9.17, 15) is 14.9 Å². The molecule has 2 rings (SSSR count). The van der Waals surface area contributed by atoms with Crippen molar-refractivity contribution in [1.82, 2.24) is 0 Å². The van der Waals surface area contributed by atoms with E-state index in [1.54, 1.807) is 36.4 Å². The highest BCUT2D eigenvalue weighted by atomic mass is 16.6. The Morgan fingerprint density at radius 1 is 1.23 bits per heavy atom. The van der Waals surface area contributed by atoms with E-state index in [0.717, 1.165) is 0 Å². The van der Waals surface area contributed by atoms with Gasteiger partial charge < -0.3 is 10.1 Å². The molecule has 0 aliphatic rings. The summed E-state index contributed by atoms with van der Waals surface area (Å²) >= 11 is 0. The molecule has 0 saturated heterocycles. The Hall–Kier alpha value is -2.89. The summed E-state index contributed by atoms with van der Waals surface area (Å²) in [5.41, 5.74) is 1.37. The van der Waals surface area contributed by atoms with Crippen molar-refractivity contribution in [3.8, 4) is 5.75 Å². The van der Waals surface area contributed by atoms with Crippen LogP contribution in [0.1, 0.15) is 25.5 Å². The average molecular weight is 300 g/mol. The van der Waals surface area contributed by atoms with Gasteiger partial charge >= 0.3 is 0 Å². The van der Waals surface area contributed by atoms with Crippen LogP contribution in [0.15, 0.2) is 48.5 Å². The van der Waals surface area contributed by atoms with Gasteiger partial charge in [-0.05, 0) is 24.6 Å². The van der Waals surface area contributed by atoms with Gasteiger partial charge in [0.2, 0.25) is 5.91 Å². The van der Waals surface area contributed by atoms with Gasteiger partial charge in [-0.1, -0.05) is 18.2 Å². The second-order valence-corrected chi connectivity index (χ2v) is 4.82. The van der Waals surface area contributed by atoms with Gasteiger partial charge in [0.05, 0.1) is 4.92 Å². The number of amides is 1. The molecule has 6 heteroatoms. The van der Waals surface area contributed by atoms with Gasteiger partial charge in [-0.3, -0.25) is 14.9 Å². The fraction of sp³-hybridized carbons (Fsp3) is 0.188. The summed E-state index contributed by atoms with van der Waals surface area (Å²) in [6.07, 6.45) is -0.354. The van der Waals surface area contributed by atoms with E-state index in [2.05, 4.69) is 5.32 Å². The Labute approximate surface area is 127 Å². The SMILES string of the molecule is CC(=O)Nc1cccc(O[C@@H](C)c2cccc([N+](=O)[O-])c2)c1. The first-order valence-electron chi connectivity index (χ1n) is 6.74. The van der Waals surface area contributed by atoms with E-state index >= 15 is 0 Å². The number of ether oxygens (including phenoxy) is 1. The summed E-state index contributed by atoms with van der Waals surface area (Å²) in [5.74, 6) is 0.411. The lowest BCUT2D eigenvalue weighted by Gasteiger charge is -2.15. The van der Waals surface area contributed by atoms with Crippen molar-refractivity contribution in [1.29, 1.82) is 0 Å². The molecule has 0 saturated carbocycles. The lowest BCUT2D eigenvalue weighted by Crippen LogP contribution is -2.07. The molecule has 1 N–H and O–H groups in total. The molecule has 0 unspecified atom stereocenters. The van der Waals surface area contributed by atoms with E-state index in [-0.39, 0.29) is 17.7 Å². The number of non-ortho nitro benzene ring substituents is 1. The largest absolute Gasteiger partial charge is 0.486 e. The van der Waals surface area contributed by atoms with E-state index in [1.165, 1.54) is 19.1 Å². The van der Waals surface area contributed by atoms with Gasteiger partial charge in [-0.25, -0.2) is 0 Å². The van der Waals surface area contributed by atoms with Gasteiger partial charge in [-0.2, -0.15) is 0 Å². The zero-order chi connectivity index (χ0) is 16.1. The molecule has 0 heterocycles. The molecular formula is C16H16N2O4. The second kappa shape index (κ2) is 6.71. The lowest BCUT2D eigenvalue weighted by molar-refractivity contribution is -0.385. The first kappa shape index (κ1) is 15.5. The van der Waals surface area contributed by atoms with Gasteiger partial charge in [0.15, 0.2) is 0 Å². The Morgan fingerprint density at radius 3 is 2.64 bits per heavy atom. The first-order valence-corrected chi connectivity index (χ1v) is 6.74. The number of carbonyl (C=O) groups is 1. The van der Waals surface area contributed by atoms with Gasteiger partial charge in [0.25, 0.3) is 5.69 Å². The number of anilines is 1. The molecule has 1 amide bonds. The second-order valence-electron chi connectivity index (χ2n) is 4.82. The number of nitro groups is 1. The molecule has 0 fully saturated rings. The van der Waals surface area contributed by atoms with Crippen molar-refractivity contribution in [2.75, 3.05) is 5.32 Å². The maximum absolute atomic E-state index is 11.1. The molecule has 0 radical (unpaired) electrons. The number of benzene rings is 2. The highest BCUT2D eigenvalue weighted by molar-refractivity contribution is 5.88. The van der Waals surface area contributed by atoms with E-state index in [1.807, 2.05) is 6.92 Å². The van der Waals surface area contributed by atoms with Crippen LogP contribution in [0.25, 0.3) is 0 Å². The Kier molecular flexibility index (Phi) is 4.73. The maximum Gasteiger partial charge on any atom is 0.269 e. The third kappa shape index (κ3) is 4.05. The van der Waals surface area contributed by atoms with Crippen LogP contribution < -0.4 is 10.1 Å². The predicted octanol–water partition coefficient (Wildman–Crippen LogP) is 3.69. The molecule has 22 heavy (non-hydrogen) atoms. The molecule has 0 aliphatic carbocycles. The molecule has 2 aromatic carbocycles. The van der Waals surface area contributed by atoms with Crippen LogP contribution in [0.2, 0.25) is 0 Å². The van der Waals surface area contributed by atoms with Crippen molar-refractivity contribution in [3.05, 3.63) is 64.2 Å². The van der Waals surface area contributed by atoms with Crippen molar-refractivity contribution < 1.29 is 14.5 Å². The molecule has 114 valence electrons. The van der Waals surface area contributed by atoms with Crippen LogP contribution in [0.3, 0.4) is 0 Å². The van der Waals surface area contributed by atoms with Crippen molar-refractivity contribution in [2.24, 2.45) is 0 Å². The standard InChI is InChI=1S/C16H16N2O4/c1-11(13-5-3-7-15(9-13)18(20)21)22-16-8-4-6-14(10-16)17-12(2)19/h3-11H,1-2H3,(H,17,19)/t11-/m0/s1. The summed E-state index contributed by atoms with van der Waals surface area (Å²) in [4.78, 5) is 21.4. The van der Waals surface area contributed by atoms with Crippen molar-refractivity contribution in [3.63, 3.8) is 0 Å². The highest BCUT2D eigenvalue weighted by Gasteiger charge is 2.12. The predicted molar refractivity (Wildman–Crippen MR) is 82.9 cm³/mol. The third-order valence-corrected chi connectivity index (χ3v) is 3.02. The van der Waals surface area contributed by atoms with E-state index in [4.69, 9.17) is 4.74 Å². The highest BCUT2D eigenvalue weighted by Crippen LogP contribution is 2.26. The molecule has 0 aliphatic heterocycles. The first-order chi connectivity index (χ1) is 10.5. The van der Waals surface area contributed by atoms with Gasteiger partial charge in [-0.15, -0.1) is 0 Å². The van der Waals surface area contributed by atoms with Crippen molar-refractivity contribution in [2.45, 2.75) is 20.0 Å². The van der Waals surface area contributed by atoms with Crippen LogP contribution in [-0.2, 0) is 4.79 Å². The van der Waals surface area contributed by atoms with E-state index in [0.29, 0.717) is 17.0 Å². The topological polar surface area (TPSA) is 81.5 Å². The van der Waals surface area contributed by atoms with Gasteiger partial charge in [0, 0.05) is 30.8 Å². The fourth-order valence-electron chi connectivity index (χ4n) is 2.01. The van der Waals surface area contributed by atoms with Gasteiger partial charge in [0.1, 0.15) is 11.9 Å². The fourth-order valence-corrected chi connectivity index (χ4v) is 2.01. The smallest absolute Gasteiger partial charge is 0.269 e. The summed E-state index contributed by atoms with van der Waals surface area (Å²) in [6.45, 7) is 3.24. The summed E-state index contributed by atoms with van der Waals surface area (Å²) in [7, 11) is 0. The zero-order valence-electron chi connectivity index (χ0n) is 12.3. The molecule has 6 nitrogen and oxygen atoms in total. The minimum atomic E-state index is -0.437. The number of nitrogens with one attached hydrogen (secondary N) is 1. The summed E-state index contributed by atoms with van der Waals surface area (Å²) < 4.78 is 5.78. The molecule has 2 aromatic rings. The number of hydrogen-bond acceptors (Lipinski definition) is 4. The number of nitro benzene ring substituents is 1. The third-order valence-electron chi connectivity index (χ3n) is 3.02. The van der Waals surface area contributed by atoms with Crippen LogP contribution in [0.4, 0.5) is 11.4 Å². The molecule has 0 aromatic heterocycles. The Bertz CT molecular complexity index is 700.